The summed E-state index contributed by atoms with van der Waals surface area (Å²) in [5, 5.41) is 3.06. The van der Waals surface area contributed by atoms with Crippen LogP contribution < -0.4 is 11.1 Å². The number of carbonyl (C=O) groups excluding carboxylic acids is 2. The Morgan fingerprint density at radius 1 is 1.58 bits per heavy atom. The van der Waals surface area contributed by atoms with Crippen LogP contribution in [-0.2, 0) is 9.59 Å². The summed E-state index contributed by atoms with van der Waals surface area (Å²) in [5.74, 6) is -0.510. The molecular weight excluding hydrogens is 269 g/mol. The lowest BCUT2D eigenvalue weighted by Crippen LogP contribution is -2.43. The highest BCUT2D eigenvalue weighted by molar-refractivity contribution is 7.99. The van der Waals surface area contributed by atoms with Gasteiger partial charge in [0.2, 0.25) is 11.8 Å². The first-order valence-corrected chi connectivity index (χ1v) is 7.67. The molecule has 0 aromatic rings. The molecule has 3 N–H and O–H groups in total. The van der Waals surface area contributed by atoms with E-state index in [2.05, 4.69) is 5.32 Å². The summed E-state index contributed by atoms with van der Waals surface area (Å²) >= 11 is 1.63. The summed E-state index contributed by atoms with van der Waals surface area (Å²) in [6, 6.07) is -0.143. The highest BCUT2D eigenvalue weighted by Gasteiger charge is 2.32. The zero-order chi connectivity index (χ0) is 14.4. The number of amides is 2. The number of primary amides is 1. The van der Waals surface area contributed by atoms with Crippen molar-refractivity contribution in [3.8, 4) is 0 Å². The number of thioether (sulfide) groups is 1. The van der Waals surface area contributed by atoms with Crippen molar-refractivity contribution < 1.29 is 14.0 Å². The molecule has 1 saturated heterocycles. The van der Waals surface area contributed by atoms with E-state index in [0.29, 0.717) is 19.4 Å². The molecular formula is C12H22FN3O2S. The smallest absolute Gasteiger partial charge is 0.231 e. The molecule has 5 nitrogen and oxygen atoms in total. The highest BCUT2D eigenvalue weighted by Crippen LogP contribution is 2.19. The van der Waals surface area contributed by atoms with Gasteiger partial charge in [-0.25, -0.2) is 4.39 Å². The van der Waals surface area contributed by atoms with Crippen molar-refractivity contribution in [3.63, 3.8) is 0 Å². The molecule has 2 amide bonds. The molecule has 1 unspecified atom stereocenters. The predicted octanol–water partition coefficient (Wildman–Crippen LogP) is 0.142. The number of alkyl halides is 1. The van der Waals surface area contributed by atoms with Crippen LogP contribution >= 0.6 is 11.8 Å². The van der Waals surface area contributed by atoms with Gasteiger partial charge in [0.1, 0.15) is 6.17 Å². The number of hydrogen-bond acceptors (Lipinski definition) is 4. The minimum atomic E-state index is -0.952. The van der Waals surface area contributed by atoms with Gasteiger partial charge in [-0.2, -0.15) is 11.8 Å². The molecule has 0 aliphatic carbocycles. The molecule has 0 radical (unpaired) electrons. The van der Waals surface area contributed by atoms with E-state index in [-0.39, 0.29) is 30.3 Å². The van der Waals surface area contributed by atoms with Gasteiger partial charge in [-0.1, -0.05) is 6.92 Å². The zero-order valence-electron chi connectivity index (χ0n) is 11.4. The summed E-state index contributed by atoms with van der Waals surface area (Å²) in [6.45, 7) is 2.61. The molecule has 19 heavy (non-hydrogen) atoms. The average Bonchev–Trinajstić information content (AvgIpc) is 2.65. The topological polar surface area (TPSA) is 75.4 Å². The Balaban J connectivity index is 2.37. The Morgan fingerprint density at radius 3 is 2.84 bits per heavy atom. The first-order chi connectivity index (χ1) is 8.92. The monoisotopic (exact) mass is 291 g/mol. The van der Waals surface area contributed by atoms with Gasteiger partial charge in [-0.15, -0.1) is 0 Å². The number of likely N-dealkylation sites (tertiary alicyclic amines) is 1. The predicted molar refractivity (Wildman–Crippen MR) is 74.7 cm³/mol. The van der Waals surface area contributed by atoms with E-state index in [0.717, 1.165) is 0 Å². The minimum absolute atomic E-state index is 0.0387. The second kappa shape index (κ2) is 7.69. The lowest BCUT2D eigenvalue weighted by Gasteiger charge is -2.22. The van der Waals surface area contributed by atoms with Crippen LogP contribution in [0, 0.1) is 0 Å². The van der Waals surface area contributed by atoms with Crippen molar-refractivity contribution in [1.82, 2.24) is 10.2 Å². The van der Waals surface area contributed by atoms with Gasteiger partial charge in [0.15, 0.2) is 0 Å². The highest BCUT2D eigenvalue weighted by atomic mass is 32.2. The first kappa shape index (κ1) is 16.2. The summed E-state index contributed by atoms with van der Waals surface area (Å²) in [7, 11) is 0. The Kier molecular flexibility index (Phi) is 6.57. The molecule has 1 fully saturated rings. The molecule has 1 rings (SSSR count). The molecule has 7 heteroatoms. The summed E-state index contributed by atoms with van der Waals surface area (Å²) in [5.41, 5.74) is 5.13. The van der Waals surface area contributed by atoms with Crippen LogP contribution in [0.3, 0.4) is 0 Å². The number of halogens is 1. The number of rotatable bonds is 7. The van der Waals surface area contributed by atoms with Gasteiger partial charge >= 0.3 is 0 Å². The SMILES string of the molecule is CSC(C)CC(=O)NC[C@@H]1C[C@H](F)CN1CC(N)=O. The number of nitrogens with one attached hydrogen (secondary N) is 1. The van der Waals surface area contributed by atoms with Gasteiger partial charge in [0.25, 0.3) is 0 Å². The number of nitrogens with two attached hydrogens (primary N) is 1. The fraction of sp³-hybridized carbons (Fsp3) is 0.833. The lowest BCUT2D eigenvalue weighted by atomic mass is 10.2. The number of carbonyl (C=O) groups is 2. The molecule has 0 bridgehead atoms. The molecule has 1 heterocycles. The molecule has 3 atom stereocenters. The Labute approximate surface area is 117 Å². The van der Waals surface area contributed by atoms with E-state index in [1.165, 1.54) is 0 Å². The Morgan fingerprint density at radius 2 is 2.26 bits per heavy atom. The maximum atomic E-state index is 13.4. The number of hydrogen-bond donors (Lipinski definition) is 2. The third kappa shape index (κ3) is 5.78. The van der Waals surface area contributed by atoms with Crippen LogP contribution in [-0.4, -0.2) is 60.1 Å². The van der Waals surface area contributed by atoms with Crippen LogP contribution in [0.25, 0.3) is 0 Å². The minimum Gasteiger partial charge on any atom is -0.369 e. The van der Waals surface area contributed by atoms with E-state index in [4.69, 9.17) is 5.73 Å². The maximum absolute atomic E-state index is 13.4. The molecule has 0 spiro atoms. The van der Waals surface area contributed by atoms with Crippen molar-refractivity contribution in [3.05, 3.63) is 0 Å². The van der Waals surface area contributed by atoms with Crippen molar-refractivity contribution in [1.29, 1.82) is 0 Å². The van der Waals surface area contributed by atoms with E-state index < -0.39 is 12.1 Å². The third-order valence-corrected chi connectivity index (χ3v) is 4.22. The second-order valence-corrected chi connectivity index (χ2v) is 6.21. The Bertz CT molecular complexity index is 330. The summed E-state index contributed by atoms with van der Waals surface area (Å²) < 4.78 is 13.4. The third-order valence-electron chi connectivity index (χ3n) is 3.25. The van der Waals surface area contributed by atoms with Crippen molar-refractivity contribution in [2.24, 2.45) is 5.73 Å². The normalized spacial score (nSPS) is 25.2. The van der Waals surface area contributed by atoms with Gasteiger partial charge in [0.05, 0.1) is 6.54 Å². The van der Waals surface area contributed by atoms with Crippen LogP contribution in [0.1, 0.15) is 19.8 Å². The fourth-order valence-electron chi connectivity index (χ4n) is 2.18. The quantitative estimate of drug-likeness (QED) is 0.700. The molecule has 110 valence electrons. The van der Waals surface area contributed by atoms with Gasteiger partial charge in [-0.3, -0.25) is 14.5 Å². The molecule has 0 saturated carbocycles. The second-order valence-electron chi connectivity index (χ2n) is 4.94. The molecule has 0 aromatic carbocycles. The lowest BCUT2D eigenvalue weighted by molar-refractivity contribution is -0.121. The largest absolute Gasteiger partial charge is 0.369 e. The Hall–Kier alpha value is -0.820. The van der Waals surface area contributed by atoms with E-state index in [1.54, 1.807) is 16.7 Å². The van der Waals surface area contributed by atoms with Crippen molar-refractivity contribution in [2.45, 2.75) is 37.2 Å². The standard InChI is InChI=1S/C12H22FN3O2S/c1-8(19-2)3-12(18)15-5-10-4-9(13)6-16(10)7-11(14)17/h8-10H,3-7H2,1-2H3,(H2,14,17)(H,15,18)/t8?,9-,10-/m0/s1. The van der Waals surface area contributed by atoms with Gasteiger partial charge < -0.3 is 11.1 Å². The van der Waals surface area contributed by atoms with Crippen LogP contribution in [0.4, 0.5) is 4.39 Å². The van der Waals surface area contributed by atoms with Crippen LogP contribution in [0.2, 0.25) is 0 Å². The fourth-order valence-corrected chi connectivity index (χ4v) is 2.49. The summed E-state index contributed by atoms with van der Waals surface area (Å²) in [4.78, 5) is 24.2. The van der Waals surface area contributed by atoms with Crippen LogP contribution in [0.5, 0.6) is 0 Å². The van der Waals surface area contributed by atoms with E-state index in [9.17, 15) is 14.0 Å². The van der Waals surface area contributed by atoms with E-state index in [1.807, 2.05) is 13.2 Å². The van der Waals surface area contributed by atoms with Crippen LogP contribution in [0.15, 0.2) is 0 Å². The first-order valence-electron chi connectivity index (χ1n) is 6.38. The summed E-state index contributed by atoms with van der Waals surface area (Å²) in [6.07, 6.45) is 1.79. The average molecular weight is 291 g/mol. The van der Waals surface area contributed by atoms with E-state index >= 15 is 0 Å². The zero-order valence-corrected chi connectivity index (χ0v) is 12.2. The molecule has 1 aliphatic rings. The maximum Gasteiger partial charge on any atom is 0.231 e. The van der Waals surface area contributed by atoms with Gasteiger partial charge in [0, 0.05) is 30.8 Å². The molecule has 0 aromatic heterocycles. The number of nitrogens with zero attached hydrogens (tertiary/aromatic N) is 1. The van der Waals surface area contributed by atoms with Gasteiger partial charge in [-0.05, 0) is 12.7 Å². The van der Waals surface area contributed by atoms with Crippen molar-refractivity contribution in [2.75, 3.05) is 25.9 Å². The molecule has 1 aliphatic heterocycles. The van der Waals surface area contributed by atoms with Crippen molar-refractivity contribution >= 4 is 23.6 Å².